The van der Waals surface area contributed by atoms with Crippen LogP contribution in [0.3, 0.4) is 0 Å². The number of fused-ring (bicyclic) bond motifs is 1. The number of anilines is 3. The topological polar surface area (TPSA) is 128 Å². The van der Waals surface area contributed by atoms with E-state index in [2.05, 4.69) is 20.0 Å². The molecule has 136 valence electrons. The molecule has 10 heteroatoms. The Balaban J connectivity index is 2.00. The highest BCUT2D eigenvalue weighted by Crippen LogP contribution is 2.34. The first-order valence-electron chi connectivity index (χ1n) is 7.44. The summed E-state index contributed by atoms with van der Waals surface area (Å²) >= 11 is 0. The number of benzene rings is 2. The highest BCUT2D eigenvalue weighted by Gasteiger charge is 2.11. The predicted octanol–water partition coefficient (Wildman–Crippen LogP) is 2.01. The third-order valence-electron chi connectivity index (χ3n) is 3.53. The zero-order valence-electron chi connectivity index (χ0n) is 14.1. The molecular formula is C16H17N5O4S. The number of rotatable bonds is 6. The standard InChI is InChI=1S/C16H17N5O4S/c1-24-14-7-12-13(8-15(14)25-2)18-9-19-16(12)20-10-4-3-5-11(6-10)21-26(17,22)23/h3-9,21H,1-2H3,(H2,17,22,23)(H,18,19,20). The molecule has 1 aromatic heterocycles. The van der Waals surface area contributed by atoms with Crippen molar-refractivity contribution < 1.29 is 17.9 Å². The Bertz CT molecular complexity index is 1060. The van der Waals surface area contributed by atoms with Crippen LogP contribution in [0.25, 0.3) is 10.9 Å². The minimum absolute atomic E-state index is 0.329. The summed E-state index contributed by atoms with van der Waals surface area (Å²) in [5.74, 6) is 1.63. The fourth-order valence-corrected chi connectivity index (χ4v) is 2.90. The first-order chi connectivity index (χ1) is 12.4. The Kier molecular flexibility index (Phi) is 4.78. The van der Waals surface area contributed by atoms with Crippen LogP contribution in [-0.4, -0.2) is 32.6 Å². The fraction of sp³-hybridized carbons (Fsp3) is 0.125. The summed E-state index contributed by atoms with van der Waals surface area (Å²) in [6, 6.07) is 10.1. The zero-order chi connectivity index (χ0) is 18.7. The summed E-state index contributed by atoms with van der Waals surface area (Å²) in [5.41, 5.74) is 1.61. The first-order valence-corrected chi connectivity index (χ1v) is 8.98. The van der Waals surface area contributed by atoms with E-state index >= 15 is 0 Å². The van der Waals surface area contributed by atoms with Gasteiger partial charge in [-0.25, -0.2) is 15.1 Å². The van der Waals surface area contributed by atoms with Crippen molar-refractivity contribution in [3.05, 3.63) is 42.7 Å². The van der Waals surface area contributed by atoms with Crippen molar-refractivity contribution >= 4 is 38.3 Å². The van der Waals surface area contributed by atoms with E-state index in [-0.39, 0.29) is 0 Å². The third-order valence-corrected chi connectivity index (χ3v) is 4.05. The summed E-state index contributed by atoms with van der Waals surface area (Å²) in [7, 11) is -0.758. The van der Waals surface area contributed by atoms with Gasteiger partial charge in [0, 0.05) is 17.1 Å². The quantitative estimate of drug-likeness (QED) is 0.601. The number of nitrogens with zero attached hydrogens (tertiary/aromatic N) is 2. The summed E-state index contributed by atoms with van der Waals surface area (Å²) in [5, 5.41) is 8.85. The Morgan fingerprint density at radius 1 is 1.00 bits per heavy atom. The molecule has 9 nitrogen and oxygen atoms in total. The van der Waals surface area contributed by atoms with Crippen molar-refractivity contribution in [2.24, 2.45) is 5.14 Å². The molecule has 0 spiro atoms. The molecule has 1 heterocycles. The van der Waals surface area contributed by atoms with E-state index in [0.29, 0.717) is 34.2 Å². The van der Waals surface area contributed by atoms with Crippen LogP contribution >= 0.6 is 0 Å². The van der Waals surface area contributed by atoms with Gasteiger partial charge >= 0.3 is 0 Å². The maximum atomic E-state index is 11.2. The lowest BCUT2D eigenvalue weighted by atomic mass is 10.2. The van der Waals surface area contributed by atoms with E-state index in [0.717, 1.165) is 5.39 Å². The van der Waals surface area contributed by atoms with Crippen molar-refractivity contribution in [1.82, 2.24) is 9.97 Å². The van der Waals surface area contributed by atoms with Crippen LogP contribution in [-0.2, 0) is 10.2 Å². The predicted molar refractivity (Wildman–Crippen MR) is 99.1 cm³/mol. The summed E-state index contributed by atoms with van der Waals surface area (Å²) in [6.07, 6.45) is 1.42. The average molecular weight is 375 g/mol. The van der Waals surface area contributed by atoms with Gasteiger partial charge in [-0.1, -0.05) is 6.07 Å². The van der Waals surface area contributed by atoms with Crippen LogP contribution in [0.4, 0.5) is 17.2 Å². The van der Waals surface area contributed by atoms with Crippen molar-refractivity contribution in [3.8, 4) is 11.5 Å². The molecule has 0 bridgehead atoms. The molecular weight excluding hydrogens is 358 g/mol. The molecule has 0 amide bonds. The van der Waals surface area contributed by atoms with Crippen LogP contribution in [0, 0.1) is 0 Å². The van der Waals surface area contributed by atoms with Gasteiger partial charge in [0.1, 0.15) is 12.1 Å². The molecule has 0 atom stereocenters. The molecule has 3 rings (SSSR count). The minimum Gasteiger partial charge on any atom is -0.493 e. The van der Waals surface area contributed by atoms with Gasteiger partial charge in [-0.15, -0.1) is 0 Å². The van der Waals surface area contributed by atoms with Crippen molar-refractivity contribution in [2.45, 2.75) is 0 Å². The number of methoxy groups -OCH3 is 2. The van der Waals surface area contributed by atoms with Crippen LogP contribution in [0.1, 0.15) is 0 Å². The van der Waals surface area contributed by atoms with E-state index in [1.807, 2.05) is 0 Å². The number of aromatic nitrogens is 2. The molecule has 0 aliphatic carbocycles. The van der Waals surface area contributed by atoms with Crippen LogP contribution in [0.5, 0.6) is 11.5 Å². The lowest BCUT2D eigenvalue weighted by Crippen LogP contribution is -2.21. The molecule has 4 N–H and O–H groups in total. The van der Waals surface area contributed by atoms with Crippen LogP contribution in [0.2, 0.25) is 0 Å². The van der Waals surface area contributed by atoms with Gasteiger partial charge in [0.05, 0.1) is 25.4 Å². The summed E-state index contributed by atoms with van der Waals surface area (Å²) in [4.78, 5) is 8.49. The largest absolute Gasteiger partial charge is 0.493 e. The van der Waals surface area contributed by atoms with Crippen molar-refractivity contribution in [2.75, 3.05) is 24.3 Å². The molecule has 0 fully saturated rings. The van der Waals surface area contributed by atoms with E-state index in [1.54, 1.807) is 50.6 Å². The van der Waals surface area contributed by atoms with Gasteiger partial charge < -0.3 is 14.8 Å². The number of nitrogens with two attached hydrogens (primary N) is 1. The highest BCUT2D eigenvalue weighted by atomic mass is 32.2. The van der Waals surface area contributed by atoms with Gasteiger partial charge in [0.15, 0.2) is 11.5 Å². The van der Waals surface area contributed by atoms with E-state index in [9.17, 15) is 8.42 Å². The lowest BCUT2D eigenvalue weighted by Gasteiger charge is -2.12. The smallest absolute Gasteiger partial charge is 0.296 e. The van der Waals surface area contributed by atoms with Gasteiger partial charge in [0.25, 0.3) is 10.2 Å². The molecule has 0 unspecified atom stereocenters. The highest BCUT2D eigenvalue weighted by molar-refractivity contribution is 7.90. The molecule has 2 aromatic carbocycles. The molecule has 0 saturated heterocycles. The van der Waals surface area contributed by atoms with Gasteiger partial charge in [-0.05, 0) is 24.3 Å². The Labute approximate surface area is 150 Å². The number of hydrogen-bond acceptors (Lipinski definition) is 7. The van der Waals surface area contributed by atoms with Gasteiger partial charge in [-0.3, -0.25) is 4.72 Å². The van der Waals surface area contributed by atoms with Gasteiger partial charge in [-0.2, -0.15) is 8.42 Å². The Morgan fingerprint density at radius 3 is 2.38 bits per heavy atom. The first kappa shape index (κ1) is 17.7. The Morgan fingerprint density at radius 2 is 1.69 bits per heavy atom. The molecule has 26 heavy (non-hydrogen) atoms. The van der Waals surface area contributed by atoms with E-state index < -0.39 is 10.2 Å². The number of hydrogen-bond donors (Lipinski definition) is 3. The fourth-order valence-electron chi connectivity index (χ4n) is 2.44. The van der Waals surface area contributed by atoms with Crippen molar-refractivity contribution in [3.63, 3.8) is 0 Å². The maximum absolute atomic E-state index is 11.2. The Hall–Kier alpha value is -3.11. The molecule has 3 aromatic rings. The number of ether oxygens (including phenoxy) is 2. The van der Waals surface area contributed by atoms with Crippen molar-refractivity contribution in [1.29, 1.82) is 0 Å². The molecule has 0 saturated carbocycles. The van der Waals surface area contributed by atoms with Crippen LogP contribution in [0.15, 0.2) is 42.7 Å². The normalized spacial score (nSPS) is 11.2. The maximum Gasteiger partial charge on any atom is 0.296 e. The molecule has 0 radical (unpaired) electrons. The second-order valence-electron chi connectivity index (χ2n) is 5.30. The van der Waals surface area contributed by atoms with Gasteiger partial charge in [0.2, 0.25) is 0 Å². The molecule has 0 aliphatic rings. The second-order valence-corrected chi connectivity index (χ2v) is 6.59. The zero-order valence-corrected chi connectivity index (χ0v) is 14.9. The van der Waals surface area contributed by atoms with E-state index in [4.69, 9.17) is 14.6 Å². The molecule has 0 aliphatic heterocycles. The van der Waals surface area contributed by atoms with Crippen LogP contribution < -0.4 is 24.7 Å². The van der Waals surface area contributed by atoms with E-state index in [1.165, 1.54) is 6.33 Å². The lowest BCUT2D eigenvalue weighted by molar-refractivity contribution is 0.356. The SMILES string of the molecule is COc1cc2ncnc(Nc3cccc(NS(N)(=O)=O)c3)c2cc1OC. The minimum atomic E-state index is -3.85. The monoisotopic (exact) mass is 375 g/mol. The summed E-state index contributed by atoms with van der Waals surface area (Å²) < 4.78 is 35.2. The summed E-state index contributed by atoms with van der Waals surface area (Å²) in [6.45, 7) is 0. The third kappa shape index (κ3) is 3.92. The average Bonchev–Trinajstić information content (AvgIpc) is 2.59. The number of nitrogens with one attached hydrogen (secondary N) is 2. The second kappa shape index (κ2) is 7.02.